The second kappa shape index (κ2) is 5.95. The molecule has 1 unspecified atom stereocenters. The third-order valence-electron chi connectivity index (χ3n) is 2.99. The van der Waals surface area contributed by atoms with Crippen molar-refractivity contribution in [2.24, 2.45) is 5.92 Å². The van der Waals surface area contributed by atoms with Crippen LogP contribution in [0, 0.1) is 16.0 Å². The lowest BCUT2D eigenvalue weighted by Crippen LogP contribution is -2.13. The summed E-state index contributed by atoms with van der Waals surface area (Å²) in [7, 11) is 1.44. The van der Waals surface area contributed by atoms with E-state index in [0.717, 1.165) is 12.2 Å². The van der Waals surface area contributed by atoms with Crippen LogP contribution >= 0.6 is 11.8 Å². The lowest BCUT2D eigenvalue weighted by Gasteiger charge is -2.11. The Bertz CT molecular complexity index is 433. The van der Waals surface area contributed by atoms with Gasteiger partial charge in [-0.2, -0.15) is 11.8 Å². The van der Waals surface area contributed by atoms with Crippen LogP contribution < -0.4 is 10.1 Å². The molecule has 2 rings (SSSR count). The van der Waals surface area contributed by atoms with Gasteiger partial charge in [-0.15, -0.1) is 0 Å². The lowest BCUT2D eigenvalue weighted by atomic mass is 10.1. The Balaban J connectivity index is 2.04. The fourth-order valence-electron chi connectivity index (χ4n) is 1.95. The van der Waals surface area contributed by atoms with Gasteiger partial charge in [-0.05, 0) is 36.0 Å². The number of rotatable bonds is 5. The molecular formula is C12H16N2O3S. The predicted octanol–water partition coefficient (Wildman–Crippen LogP) is 2.77. The fraction of sp³-hybridized carbons (Fsp3) is 0.500. The highest BCUT2D eigenvalue weighted by Crippen LogP contribution is 2.30. The highest BCUT2D eigenvalue weighted by molar-refractivity contribution is 7.99. The van der Waals surface area contributed by atoms with Crippen LogP contribution in [-0.2, 0) is 0 Å². The van der Waals surface area contributed by atoms with Crippen molar-refractivity contribution >= 4 is 23.1 Å². The Kier molecular flexibility index (Phi) is 4.30. The molecule has 6 heteroatoms. The van der Waals surface area contributed by atoms with E-state index in [1.54, 1.807) is 6.07 Å². The molecule has 1 heterocycles. The van der Waals surface area contributed by atoms with Crippen LogP contribution in [0.25, 0.3) is 0 Å². The van der Waals surface area contributed by atoms with E-state index in [-0.39, 0.29) is 5.69 Å². The minimum Gasteiger partial charge on any atom is -0.490 e. The summed E-state index contributed by atoms with van der Waals surface area (Å²) in [6.45, 7) is 0.872. The zero-order chi connectivity index (χ0) is 13.0. The average molecular weight is 268 g/mol. The topological polar surface area (TPSA) is 64.4 Å². The first-order chi connectivity index (χ1) is 8.70. The van der Waals surface area contributed by atoms with Crippen molar-refractivity contribution in [3.05, 3.63) is 28.3 Å². The van der Waals surface area contributed by atoms with Crippen molar-refractivity contribution in [3.8, 4) is 5.75 Å². The smallest absolute Gasteiger partial charge is 0.312 e. The van der Waals surface area contributed by atoms with Gasteiger partial charge in [0.2, 0.25) is 0 Å². The van der Waals surface area contributed by atoms with Gasteiger partial charge < -0.3 is 10.1 Å². The number of nitrogens with one attached hydrogen (secondary N) is 1. The molecule has 18 heavy (non-hydrogen) atoms. The van der Waals surface area contributed by atoms with Gasteiger partial charge in [0, 0.05) is 18.3 Å². The van der Waals surface area contributed by atoms with Crippen molar-refractivity contribution < 1.29 is 9.66 Å². The third kappa shape index (κ3) is 3.07. The molecule has 0 amide bonds. The number of nitro groups is 1. The van der Waals surface area contributed by atoms with E-state index in [2.05, 4.69) is 5.32 Å². The number of thioether (sulfide) groups is 1. The molecule has 0 aromatic heterocycles. The molecular weight excluding hydrogens is 252 g/mol. The van der Waals surface area contributed by atoms with E-state index in [4.69, 9.17) is 4.74 Å². The Hall–Kier alpha value is -1.43. The molecule has 1 atom stereocenters. The van der Waals surface area contributed by atoms with Gasteiger partial charge in [-0.1, -0.05) is 0 Å². The van der Waals surface area contributed by atoms with Crippen LogP contribution in [0.2, 0.25) is 0 Å². The molecule has 1 aliphatic heterocycles. The minimum absolute atomic E-state index is 0.00305. The van der Waals surface area contributed by atoms with E-state index >= 15 is 0 Å². The number of nitrogens with zero attached hydrogens (tertiary/aromatic N) is 1. The van der Waals surface area contributed by atoms with Gasteiger partial charge in [0.15, 0.2) is 5.75 Å². The molecule has 0 saturated carbocycles. The average Bonchev–Trinajstić information content (AvgIpc) is 2.89. The summed E-state index contributed by atoms with van der Waals surface area (Å²) in [4.78, 5) is 10.5. The molecule has 0 spiro atoms. The van der Waals surface area contributed by atoms with Crippen LogP contribution in [0.5, 0.6) is 5.75 Å². The maximum atomic E-state index is 10.9. The summed E-state index contributed by atoms with van der Waals surface area (Å²) in [5.74, 6) is 3.35. The van der Waals surface area contributed by atoms with Crippen molar-refractivity contribution in [1.29, 1.82) is 0 Å². The zero-order valence-corrected chi connectivity index (χ0v) is 11.0. The molecule has 1 aromatic rings. The first-order valence-electron chi connectivity index (χ1n) is 5.84. The highest BCUT2D eigenvalue weighted by Gasteiger charge is 2.17. The molecule has 0 aliphatic carbocycles. The second-order valence-electron chi connectivity index (χ2n) is 4.25. The van der Waals surface area contributed by atoms with Crippen LogP contribution in [0.15, 0.2) is 18.2 Å². The SMILES string of the molecule is COc1ccc(NCC2CCSC2)cc1[N+](=O)[O-]. The molecule has 1 aliphatic rings. The number of benzene rings is 1. The van der Waals surface area contributed by atoms with Crippen molar-refractivity contribution in [1.82, 2.24) is 0 Å². The molecule has 0 bridgehead atoms. The predicted molar refractivity (Wildman–Crippen MR) is 73.6 cm³/mol. The van der Waals surface area contributed by atoms with E-state index in [9.17, 15) is 10.1 Å². The number of anilines is 1. The maximum absolute atomic E-state index is 10.9. The summed E-state index contributed by atoms with van der Waals surface area (Å²) in [5.41, 5.74) is 0.780. The normalized spacial score (nSPS) is 18.6. The monoisotopic (exact) mass is 268 g/mol. The second-order valence-corrected chi connectivity index (χ2v) is 5.40. The standard InChI is InChI=1S/C12H16N2O3S/c1-17-12-3-2-10(6-11(12)14(15)16)13-7-9-4-5-18-8-9/h2-3,6,9,13H,4-5,7-8H2,1H3. The van der Waals surface area contributed by atoms with Crippen molar-refractivity contribution in [2.75, 3.05) is 30.5 Å². The number of methoxy groups -OCH3 is 1. The van der Waals surface area contributed by atoms with E-state index in [1.807, 2.05) is 17.8 Å². The van der Waals surface area contributed by atoms with Crippen LogP contribution in [0.3, 0.4) is 0 Å². The molecule has 1 N–H and O–H groups in total. The van der Waals surface area contributed by atoms with Crippen LogP contribution in [0.1, 0.15) is 6.42 Å². The number of hydrogen-bond donors (Lipinski definition) is 1. The summed E-state index contributed by atoms with van der Waals surface area (Å²) in [6, 6.07) is 4.97. The van der Waals surface area contributed by atoms with E-state index in [1.165, 1.54) is 31.1 Å². The molecule has 0 radical (unpaired) electrons. The van der Waals surface area contributed by atoms with Gasteiger partial charge in [-0.25, -0.2) is 0 Å². The molecule has 1 fully saturated rings. The summed E-state index contributed by atoms with van der Waals surface area (Å²) in [6.07, 6.45) is 1.22. The van der Waals surface area contributed by atoms with Crippen LogP contribution in [-0.4, -0.2) is 30.1 Å². The van der Waals surface area contributed by atoms with Gasteiger partial charge >= 0.3 is 5.69 Å². The Labute approximate surface area is 110 Å². The van der Waals surface area contributed by atoms with Gasteiger partial charge in [0.05, 0.1) is 12.0 Å². The maximum Gasteiger partial charge on any atom is 0.312 e. The summed E-state index contributed by atoms with van der Waals surface area (Å²) in [5, 5.41) is 14.1. The van der Waals surface area contributed by atoms with Crippen molar-refractivity contribution in [2.45, 2.75) is 6.42 Å². The number of nitro benzene ring substituents is 1. The lowest BCUT2D eigenvalue weighted by molar-refractivity contribution is -0.385. The first kappa shape index (κ1) is 13.0. The van der Waals surface area contributed by atoms with Gasteiger partial charge in [0.1, 0.15) is 0 Å². The van der Waals surface area contributed by atoms with Crippen LogP contribution in [0.4, 0.5) is 11.4 Å². The fourth-order valence-corrected chi connectivity index (χ4v) is 3.23. The minimum atomic E-state index is -0.421. The largest absolute Gasteiger partial charge is 0.490 e. The van der Waals surface area contributed by atoms with Crippen molar-refractivity contribution in [3.63, 3.8) is 0 Å². The first-order valence-corrected chi connectivity index (χ1v) is 7.00. The zero-order valence-electron chi connectivity index (χ0n) is 10.2. The quantitative estimate of drug-likeness (QED) is 0.657. The Morgan fingerprint density at radius 2 is 2.44 bits per heavy atom. The number of ether oxygens (including phenoxy) is 1. The Morgan fingerprint density at radius 3 is 3.06 bits per heavy atom. The van der Waals surface area contributed by atoms with Gasteiger partial charge in [-0.3, -0.25) is 10.1 Å². The summed E-state index contributed by atoms with van der Waals surface area (Å²) < 4.78 is 4.97. The molecule has 5 nitrogen and oxygen atoms in total. The summed E-state index contributed by atoms with van der Waals surface area (Å²) >= 11 is 1.96. The molecule has 1 saturated heterocycles. The molecule has 98 valence electrons. The Morgan fingerprint density at radius 1 is 1.61 bits per heavy atom. The van der Waals surface area contributed by atoms with E-state index in [0.29, 0.717) is 11.7 Å². The van der Waals surface area contributed by atoms with E-state index < -0.39 is 4.92 Å². The molecule has 1 aromatic carbocycles. The number of hydrogen-bond acceptors (Lipinski definition) is 5. The third-order valence-corrected chi connectivity index (χ3v) is 4.23. The van der Waals surface area contributed by atoms with Gasteiger partial charge in [0.25, 0.3) is 0 Å². The highest BCUT2D eigenvalue weighted by atomic mass is 32.2.